The molecule has 0 aromatic heterocycles. The van der Waals surface area contributed by atoms with Crippen molar-refractivity contribution in [2.24, 2.45) is 0 Å². The molecule has 0 rings (SSSR count). The van der Waals surface area contributed by atoms with Crippen LogP contribution in [0.4, 0.5) is 0 Å². The summed E-state index contributed by atoms with van der Waals surface area (Å²) in [5.41, 5.74) is 0. The molecule has 0 fully saturated rings. The third-order valence-electron chi connectivity index (χ3n) is 14.4. The second-order valence-electron chi connectivity index (χ2n) is 21.7. The Morgan fingerprint density at radius 1 is 0.278 bits per heavy atom. The number of esters is 3. The van der Waals surface area contributed by atoms with Gasteiger partial charge in [-0.2, -0.15) is 0 Å². The molecule has 0 bridgehead atoms. The van der Waals surface area contributed by atoms with E-state index in [0.29, 0.717) is 19.3 Å². The van der Waals surface area contributed by atoms with E-state index in [1.165, 1.54) is 231 Å². The van der Waals surface area contributed by atoms with Gasteiger partial charge >= 0.3 is 17.9 Å². The van der Waals surface area contributed by atoms with Crippen LogP contribution in [-0.2, 0) is 28.6 Å². The number of carbonyl (C=O) groups excluding carboxylic acids is 3. The zero-order valence-electron chi connectivity index (χ0n) is 48.5. The highest BCUT2D eigenvalue weighted by Crippen LogP contribution is 2.18. The van der Waals surface area contributed by atoms with E-state index in [4.69, 9.17) is 14.2 Å². The lowest BCUT2D eigenvalue weighted by Crippen LogP contribution is -2.30. The average molecular weight is 1010 g/mol. The predicted molar refractivity (Wildman–Crippen MR) is 312 cm³/mol. The summed E-state index contributed by atoms with van der Waals surface area (Å²) >= 11 is 0. The molecule has 6 nitrogen and oxygen atoms in total. The summed E-state index contributed by atoms with van der Waals surface area (Å²) < 4.78 is 16.9. The van der Waals surface area contributed by atoms with E-state index >= 15 is 0 Å². The zero-order chi connectivity index (χ0) is 52.2. The van der Waals surface area contributed by atoms with Crippen molar-refractivity contribution in [3.63, 3.8) is 0 Å². The molecule has 6 heteroatoms. The molecule has 0 aromatic carbocycles. The fraction of sp³-hybridized carbons (Fsp3) is 0.864. The molecule has 1 unspecified atom stereocenters. The van der Waals surface area contributed by atoms with Crippen molar-refractivity contribution in [3.05, 3.63) is 36.5 Å². The van der Waals surface area contributed by atoms with Crippen LogP contribution in [0.3, 0.4) is 0 Å². The number of carbonyl (C=O) groups is 3. The third-order valence-corrected chi connectivity index (χ3v) is 14.4. The molecule has 0 aliphatic rings. The van der Waals surface area contributed by atoms with Crippen LogP contribution < -0.4 is 0 Å². The number of ether oxygens (including phenoxy) is 3. The second-order valence-corrected chi connectivity index (χ2v) is 21.7. The number of hydrogen-bond donors (Lipinski definition) is 0. The minimum absolute atomic E-state index is 0.0744. The maximum Gasteiger partial charge on any atom is 0.306 e. The lowest BCUT2D eigenvalue weighted by molar-refractivity contribution is -0.167. The topological polar surface area (TPSA) is 78.9 Å². The maximum atomic E-state index is 12.9. The fourth-order valence-electron chi connectivity index (χ4n) is 9.52. The van der Waals surface area contributed by atoms with Crippen molar-refractivity contribution >= 4 is 17.9 Å². The third kappa shape index (κ3) is 58.5. The van der Waals surface area contributed by atoms with Gasteiger partial charge in [0, 0.05) is 19.3 Å². The Kier molecular flexibility index (Phi) is 59.2. The molecule has 0 heterocycles. The lowest BCUT2D eigenvalue weighted by Gasteiger charge is -2.18. The smallest absolute Gasteiger partial charge is 0.306 e. The highest BCUT2D eigenvalue weighted by Gasteiger charge is 2.19. The normalized spacial score (nSPS) is 12.2. The Balaban J connectivity index is 4.28. The standard InChI is InChI=1S/C66H122O6/c1-4-7-10-13-16-19-22-25-28-30-31-32-33-34-35-37-38-41-44-47-50-53-56-59-65(68)71-62-63(61-70-64(67)58-55-52-49-46-43-40-27-24-21-18-15-12-9-6-3)72-66(69)60-57-54-51-48-45-42-39-36-29-26-23-20-17-14-11-8-5-2/h15,18,24,26-27,29,63H,4-14,16-17,19-23,25,28,30-62H2,1-3H3/b18-15-,27-24-,29-26-. The zero-order valence-corrected chi connectivity index (χ0v) is 48.5. The van der Waals surface area contributed by atoms with Crippen LogP contribution in [0.1, 0.15) is 348 Å². The summed E-state index contributed by atoms with van der Waals surface area (Å²) in [4.78, 5) is 38.3. The summed E-state index contributed by atoms with van der Waals surface area (Å²) in [6.07, 6.45) is 74.4. The first kappa shape index (κ1) is 69.6. The number of rotatable bonds is 59. The summed E-state index contributed by atoms with van der Waals surface area (Å²) in [5.74, 6) is -0.871. The molecule has 0 aromatic rings. The van der Waals surface area contributed by atoms with Crippen molar-refractivity contribution in [2.75, 3.05) is 13.2 Å². The lowest BCUT2D eigenvalue weighted by atomic mass is 10.0. The Labute approximate surface area is 448 Å². The van der Waals surface area contributed by atoms with Crippen LogP contribution in [0, 0.1) is 0 Å². The SMILES string of the molecule is CCCC/C=C\C/C=C\CCCCCCCC(=O)OCC(COC(=O)CCCCCCCCCCCCCCCCCCCCCCCCC)OC(=O)CCCCCCCCC/C=C\CCCCCCCC. The minimum atomic E-state index is -0.778. The predicted octanol–water partition coefficient (Wildman–Crippen LogP) is 21.6. The minimum Gasteiger partial charge on any atom is -0.462 e. The van der Waals surface area contributed by atoms with Crippen LogP contribution >= 0.6 is 0 Å². The van der Waals surface area contributed by atoms with Gasteiger partial charge in [-0.15, -0.1) is 0 Å². The van der Waals surface area contributed by atoms with Crippen LogP contribution in [0.2, 0.25) is 0 Å². The first-order chi connectivity index (χ1) is 35.5. The van der Waals surface area contributed by atoms with Gasteiger partial charge in [0.15, 0.2) is 6.10 Å². The van der Waals surface area contributed by atoms with Crippen LogP contribution in [0.15, 0.2) is 36.5 Å². The van der Waals surface area contributed by atoms with Crippen molar-refractivity contribution in [1.29, 1.82) is 0 Å². The largest absolute Gasteiger partial charge is 0.462 e. The van der Waals surface area contributed by atoms with Gasteiger partial charge in [0.25, 0.3) is 0 Å². The van der Waals surface area contributed by atoms with Gasteiger partial charge in [0.05, 0.1) is 0 Å². The van der Waals surface area contributed by atoms with Crippen molar-refractivity contribution in [2.45, 2.75) is 354 Å². The quantitative estimate of drug-likeness (QED) is 0.0261. The maximum absolute atomic E-state index is 12.9. The number of unbranched alkanes of at least 4 members (excludes halogenated alkanes) is 42. The Hall–Kier alpha value is -2.37. The Morgan fingerprint density at radius 2 is 0.514 bits per heavy atom. The molecule has 0 amide bonds. The molecule has 0 saturated carbocycles. The summed E-state index contributed by atoms with van der Waals surface area (Å²) in [7, 11) is 0. The molecule has 0 spiro atoms. The molecular weight excluding hydrogens is 889 g/mol. The van der Waals surface area contributed by atoms with Crippen molar-refractivity contribution < 1.29 is 28.6 Å². The van der Waals surface area contributed by atoms with Gasteiger partial charge in [-0.05, 0) is 70.6 Å². The van der Waals surface area contributed by atoms with Crippen molar-refractivity contribution in [1.82, 2.24) is 0 Å². The molecule has 0 aliphatic carbocycles. The fourth-order valence-corrected chi connectivity index (χ4v) is 9.52. The molecule has 0 saturated heterocycles. The van der Waals surface area contributed by atoms with Gasteiger partial charge in [-0.3, -0.25) is 14.4 Å². The Bertz CT molecular complexity index is 1210. The highest BCUT2D eigenvalue weighted by molar-refractivity contribution is 5.71. The molecule has 0 radical (unpaired) electrons. The molecule has 1 atom stereocenters. The van der Waals surface area contributed by atoms with E-state index in [-0.39, 0.29) is 31.1 Å². The van der Waals surface area contributed by atoms with E-state index in [1.807, 2.05) is 0 Å². The van der Waals surface area contributed by atoms with E-state index in [2.05, 4.69) is 57.2 Å². The average Bonchev–Trinajstić information content (AvgIpc) is 3.38. The second kappa shape index (κ2) is 61.2. The van der Waals surface area contributed by atoms with Gasteiger partial charge in [-0.1, -0.05) is 295 Å². The number of hydrogen-bond acceptors (Lipinski definition) is 6. The molecular formula is C66H122O6. The van der Waals surface area contributed by atoms with Gasteiger partial charge < -0.3 is 14.2 Å². The van der Waals surface area contributed by atoms with Crippen LogP contribution in [-0.4, -0.2) is 37.2 Å². The van der Waals surface area contributed by atoms with E-state index < -0.39 is 6.10 Å². The van der Waals surface area contributed by atoms with Crippen LogP contribution in [0.25, 0.3) is 0 Å². The van der Waals surface area contributed by atoms with E-state index in [1.54, 1.807) is 0 Å². The molecule has 72 heavy (non-hydrogen) atoms. The molecule has 0 aliphatic heterocycles. The van der Waals surface area contributed by atoms with Crippen LogP contribution in [0.5, 0.6) is 0 Å². The highest BCUT2D eigenvalue weighted by atomic mass is 16.6. The van der Waals surface area contributed by atoms with Gasteiger partial charge in [0.2, 0.25) is 0 Å². The Morgan fingerprint density at radius 3 is 0.819 bits per heavy atom. The number of allylic oxidation sites excluding steroid dienone is 6. The van der Waals surface area contributed by atoms with Gasteiger partial charge in [0.1, 0.15) is 13.2 Å². The first-order valence-corrected chi connectivity index (χ1v) is 32.0. The molecule has 0 N–H and O–H groups in total. The van der Waals surface area contributed by atoms with E-state index in [9.17, 15) is 14.4 Å². The van der Waals surface area contributed by atoms with E-state index in [0.717, 1.165) is 77.0 Å². The summed E-state index contributed by atoms with van der Waals surface area (Å²) in [5, 5.41) is 0. The summed E-state index contributed by atoms with van der Waals surface area (Å²) in [6.45, 7) is 6.64. The monoisotopic (exact) mass is 1010 g/mol. The first-order valence-electron chi connectivity index (χ1n) is 32.0. The summed E-state index contributed by atoms with van der Waals surface area (Å²) in [6, 6.07) is 0. The van der Waals surface area contributed by atoms with Gasteiger partial charge in [-0.25, -0.2) is 0 Å². The van der Waals surface area contributed by atoms with Crippen molar-refractivity contribution in [3.8, 4) is 0 Å². The molecule has 422 valence electrons.